The summed E-state index contributed by atoms with van der Waals surface area (Å²) >= 11 is 0. The minimum atomic E-state index is 0.299. The standard InChI is InChI=1S/C15H23N3O/c1-18-7-5-13(6-8-18)19-15-12(10-16)9-11-3-2-4-14(11)17-15/h9,13H,2-8,10,16H2,1H3. The minimum absolute atomic E-state index is 0.299. The Bertz CT molecular complexity index is 453. The fraction of sp³-hybridized carbons (Fsp3) is 0.667. The third kappa shape index (κ3) is 2.74. The Morgan fingerprint density at radius 3 is 2.89 bits per heavy atom. The summed E-state index contributed by atoms with van der Waals surface area (Å²) in [6.07, 6.45) is 5.91. The summed E-state index contributed by atoms with van der Waals surface area (Å²) in [7, 11) is 2.16. The summed E-state index contributed by atoms with van der Waals surface area (Å²) in [5.74, 6) is 0.790. The number of hydrogen-bond acceptors (Lipinski definition) is 4. The second-order valence-electron chi connectivity index (χ2n) is 5.74. The van der Waals surface area contributed by atoms with Gasteiger partial charge in [0.25, 0.3) is 0 Å². The molecule has 2 heterocycles. The zero-order chi connectivity index (χ0) is 13.2. The van der Waals surface area contributed by atoms with Gasteiger partial charge in [-0.3, -0.25) is 0 Å². The van der Waals surface area contributed by atoms with Gasteiger partial charge in [-0.25, -0.2) is 4.98 Å². The van der Waals surface area contributed by atoms with Crippen LogP contribution >= 0.6 is 0 Å². The van der Waals surface area contributed by atoms with E-state index in [0.717, 1.165) is 50.2 Å². The second kappa shape index (κ2) is 5.47. The fourth-order valence-electron chi connectivity index (χ4n) is 3.01. The van der Waals surface area contributed by atoms with Crippen LogP contribution in [0.15, 0.2) is 6.07 Å². The average molecular weight is 261 g/mol. The van der Waals surface area contributed by atoms with Gasteiger partial charge in [-0.2, -0.15) is 0 Å². The van der Waals surface area contributed by atoms with E-state index in [1.165, 1.54) is 17.7 Å². The highest BCUT2D eigenvalue weighted by atomic mass is 16.5. The number of nitrogens with two attached hydrogens (primary N) is 1. The van der Waals surface area contributed by atoms with Crippen molar-refractivity contribution in [3.05, 3.63) is 22.9 Å². The van der Waals surface area contributed by atoms with E-state index in [0.29, 0.717) is 12.6 Å². The number of nitrogens with zero attached hydrogens (tertiary/aromatic N) is 2. The monoisotopic (exact) mass is 261 g/mol. The smallest absolute Gasteiger partial charge is 0.218 e. The van der Waals surface area contributed by atoms with Gasteiger partial charge in [0.2, 0.25) is 5.88 Å². The molecule has 0 unspecified atom stereocenters. The van der Waals surface area contributed by atoms with Crippen LogP contribution in [0.3, 0.4) is 0 Å². The van der Waals surface area contributed by atoms with Crippen LogP contribution in [0.4, 0.5) is 0 Å². The molecule has 1 aromatic heterocycles. The van der Waals surface area contributed by atoms with E-state index in [1.54, 1.807) is 0 Å². The second-order valence-corrected chi connectivity index (χ2v) is 5.74. The van der Waals surface area contributed by atoms with Crippen LogP contribution in [0.5, 0.6) is 5.88 Å². The normalized spacial score (nSPS) is 20.5. The first-order valence-corrected chi connectivity index (χ1v) is 7.33. The fourth-order valence-corrected chi connectivity index (χ4v) is 3.01. The van der Waals surface area contributed by atoms with Gasteiger partial charge in [-0.05, 0) is 50.8 Å². The molecule has 2 aliphatic rings. The highest BCUT2D eigenvalue weighted by Crippen LogP contribution is 2.28. The number of likely N-dealkylation sites (tertiary alicyclic amines) is 1. The quantitative estimate of drug-likeness (QED) is 0.896. The molecular weight excluding hydrogens is 238 g/mol. The molecular formula is C15H23N3O. The summed E-state index contributed by atoms with van der Waals surface area (Å²) < 4.78 is 6.13. The van der Waals surface area contributed by atoms with Gasteiger partial charge in [0, 0.05) is 30.9 Å². The number of hydrogen-bond donors (Lipinski definition) is 1. The van der Waals surface area contributed by atoms with Gasteiger partial charge in [-0.15, -0.1) is 0 Å². The first-order chi connectivity index (χ1) is 9.26. The van der Waals surface area contributed by atoms with Crippen LogP contribution in [0.2, 0.25) is 0 Å². The number of aryl methyl sites for hydroxylation is 2. The summed E-state index contributed by atoms with van der Waals surface area (Å²) in [5.41, 5.74) is 9.51. The van der Waals surface area contributed by atoms with Crippen molar-refractivity contribution in [1.82, 2.24) is 9.88 Å². The summed E-state index contributed by atoms with van der Waals surface area (Å²) in [5, 5.41) is 0. The van der Waals surface area contributed by atoms with E-state index in [2.05, 4.69) is 18.0 Å². The maximum Gasteiger partial charge on any atom is 0.218 e. The third-order valence-corrected chi connectivity index (χ3v) is 4.25. The van der Waals surface area contributed by atoms with E-state index in [-0.39, 0.29) is 0 Å². The van der Waals surface area contributed by atoms with Crippen molar-refractivity contribution in [1.29, 1.82) is 0 Å². The first kappa shape index (κ1) is 12.9. The number of ether oxygens (including phenoxy) is 1. The van der Waals surface area contributed by atoms with E-state index < -0.39 is 0 Å². The Labute approximate surface area is 115 Å². The largest absolute Gasteiger partial charge is 0.474 e. The molecule has 4 heteroatoms. The molecule has 0 bridgehead atoms. The summed E-state index contributed by atoms with van der Waals surface area (Å²) in [6.45, 7) is 2.73. The van der Waals surface area contributed by atoms with Crippen molar-refractivity contribution < 1.29 is 4.74 Å². The van der Waals surface area contributed by atoms with Crippen molar-refractivity contribution in [3.63, 3.8) is 0 Å². The third-order valence-electron chi connectivity index (χ3n) is 4.25. The maximum atomic E-state index is 6.13. The molecule has 3 rings (SSSR count). The Morgan fingerprint density at radius 2 is 2.16 bits per heavy atom. The molecule has 1 saturated heterocycles. The van der Waals surface area contributed by atoms with Gasteiger partial charge in [0.05, 0.1) is 0 Å². The Kier molecular flexibility index (Phi) is 3.71. The molecule has 0 saturated carbocycles. The lowest BCUT2D eigenvalue weighted by Gasteiger charge is -2.29. The first-order valence-electron chi connectivity index (χ1n) is 7.33. The Balaban J connectivity index is 1.76. The van der Waals surface area contributed by atoms with Crippen LogP contribution in [-0.2, 0) is 19.4 Å². The highest BCUT2D eigenvalue weighted by molar-refractivity contribution is 5.36. The molecule has 0 aromatic carbocycles. The molecule has 0 amide bonds. The average Bonchev–Trinajstić information content (AvgIpc) is 2.87. The molecule has 19 heavy (non-hydrogen) atoms. The molecule has 1 fully saturated rings. The molecule has 1 aliphatic carbocycles. The number of rotatable bonds is 3. The van der Waals surface area contributed by atoms with Gasteiger partial charge in [0.1, 0.15) is 6.10 Å². The minimum Gasteiger partial charge on any atom is -0.474 e. The van der Waals surface area contributed by atoms with E-state index in [1.807, 2.05) is 0 Å². The SMILES string of the molecule is CN1CCC(Oc2nc3c(cc2CN)CCC3)CC1. The van der Waals surface area contributed by atoms with Crippen LogP contribution in [-0.4, -0.2) is 36.1 Å². The molecule has 104 valence electrons. The Hall–Kier alpha value is -1.13. The number of pyridine rings is 1. The van der Waals surface area contributed by atoms with Crippen molar-refractivity contribution in [2.24, 2.45) is 5.73 Å². The summed E-state index contributed by atoms with van der Waals surface area (Å²) in [4.78, 5) is 7.07. The van der Waals surface area contributed by atoms with Crippen molar-refractivity contribution in [2.75, 3.05) is 20.1 Å². The number of piperidine rings is 1. The summed E-state index contributed by atoms with van der Waals surface area (Å²) in [6, 6.07) is 2.21. The maximum absolute atomic E-state index is 6.13. The van der Waals surface area contributed by atoms with Gasteiger partial charge >= 0.3 is 0 Å². The molecule has 1 aliphatic heterocycles. The lowest BCUT2D eigenvalue weighted by atomic mass is 10.1. The van der Waals surface area contributed by atoms with E-state index in [9.17, 15) is 0 Å². The number of aromatic nitrogens is 1. The van der Waals surface area contributed by atoms with E-state index >= 15 is 0 Å². The Morgan fingerprint density at radius 1 is 1.37 bits per heavy atom. The van der Waals surface area contributed by atoms with Gasteiger partial charge < -0.3 is 15.4 Å². The molecule has 1 aromatic rings. The molecule has 0 radical (unpaired) electrons. The van der Waals surface area contributed by atoms with Crippen LogP contribution in [0.25, 0.3) is 0 Å². The molecule has 0 atom stereocenters. The topological polar surface area (TPSA) is 51.4 Å². The zero-order valence-electron chi connectivity index (χ0n) is 11.7. The highest BCUT2D eigenvalue weighted by Gasteiger charge is 2.22. The predicted molar refractivity (Wildman–Crippen MR) is 75.3 cm³/mol. The molecule has 4 nitrogen and oxygen atoms in total. The lowest BCUT2D eigenvalue weighted by Crippen LogP contribution is -2.36. The van der Waals surface area contributed by atoms with Gasteiger partial charge in [-0.1, -0.05) is 0 Å². The molecule has 0 spiro atoms. The van der Waals surface area contributed by atoms with Crippen molar-refractivity contribution in [3.8, 4) is 5.88 Å². The lowest BCUT2D eigenvalue weighted by molar-refractivity contribution is 0.109. The number of fused-ring (bicyclic) bond motifs is 1. The van der Waals surface area contributed by atoms with Crippen molar-refractivity contribution in [2.45, 2.75) is 44.8 Å². The van der Waals surface area contributed by atoms with Crippen molar-refractivity contribution >= 4 is 0 Å². The van der Waals surface area contributed by atoms with Crippen LogP contribution in [0, 0.1) is 0 Å². The predicted octanol–water partition coefficient (Wildman–Crippen LogP) is 1.50. The molecule has 2 N–H and O–H groups in total. The van der Waals surface area contributed by atoms with Crippen LogP contribution in [0.1, 0.15) is 36.1 Å². The van der Waals surface area contributed by atoms with E-state index in [4.69, 9.17) is 15.5 Å². The van der Waals surface area contributed by atoms with Crippen LogP contribution < -0.4 is 10.5 Å². The van der Waals surface area contributed by atoms with Gasteiger partial charge in [0.15, 0.2) is 0 Å². The zero-order valence-corrected chi connectivity index (χ0v) is 11.7.